The molecule has 0 aromatic carbocycles. The molecule has 2 N–H and O–H groups in total. The average molecular weight is 259 g/mol. The van der Waals surface area contributed by atoms with E-state index in [1.807, 2.05) is 23.8 Å². The largest absolute Gasteiger partial charge is 0.385 e. The number of anilines is 1. The van der Waals surface area contributed by atoms with Gasteiger partial charge in [-0.1, -0.05) is 0 Å². The van der Waals surface area contributed by atoms with Gasteiger partial charge in [0.25, 0.3) is 5.91 Å². The number of carbonyl (C=O) groups is 1. The van der Waals surface area contributed by atoms with Crippen LogP contribution in [0.15, 0.2) is 37.1 Å². The first kappa shape index (κ1) is 13.1. The molecular weight excluding hydrogens is 242 g/mol. The molecule has 0 aliphatic carbocycles. The zero-order chi connectivity index (χ0) is 13.5. The van der Waals surface area contributed by atoms with Crippen LogP contribution in [-0.4, -0.2) is 33.5 Å². The van der Waals surface area contributed by atoms with Crippen LogP contribution in [0, 0.1) is 0 Å². The Bertz CT molecular complexity index is 524. The Morgan fingerprint density at radius 3 is 3.05 bits per heavy atom. The highest BCUT2D eigenvalue weighted by Gasteiger charge is 2.06. The van der Waals surface area contributed by atoms with Gasteiger partial charge in [-0.15, -0.1) is 0 Å². The summed E-state index contributed by atoms with van der Waals surface area (Å²) in [6.07, 6.45) is 6.92. The molecule has 0 aliphatic heterocycles. The van der Waals surface area contributed by atoms with Crippen molar-refractivity contribution in [2.45, 2.75) is 13.5 Å². The van der Waals surface area contributed by atoms with Crippen LogP contribution in [0.1, 0.15) is 17.4 Å². The normalized spacial score (nSPS) is 10.2. The topological polar surface area (TPSA) is 71.8 Å². The Labute approximate surface area is 111 Å². The van der Waals surface area contributed by atoms with Crippen molar-refractivity contribution in [2.75, 3.05) is 18.4 Å². The molecule has 2 aromatic heterocycles. The number of hydrogen-bond acceptors (Lipinski definition) is 4. The molecule has 0 fully saturated rings. The SMILES string of the molecule is CCNc1ccnc(C(=O)NCCn2ccnc2)c1. The summed E-state index contributed by atoms with van der Waals surface area (Å²) in [6, 6.07) is 3.59. The van der Waals surface area contributed by atoms with Gasteiger partial charge >= 0.3 is 0 Å². The third-order valence-electron chi connectivity index (χ3n) is 2.59. The number of amides is 1. The molecule has 0 spiro atoms. The van der Waals surface area contributed by atoms with Crippen molar-refractivity contribution in [1.82, 2.24) is 19.9 Å². The molecule has 100 valence electrons. The van der Waals surface area contributed by atoms with E-state index in [0.29, 0.717) is 18.8 Å². The Balaban J connectivity index is 1.87. The fraction of sp³-hybridized carbons (Fsp3) is 0.308. The second-order valence-electron chi connectivity index (χ2n) is 4.02. The first-order valence-corrected chi connectivity index (χ1v) is 6.23. The molecule has 6 heteroatoms. The van der Waals surface area contributed by atoms with Gasteiger partial charge in [0, 0.05) is 43.9 Å². The molecule has 2 rings (SSSR count). The highest BCUT2D eigenvalue weighted by atomic mass is 16.1. The molecule has 0 saturated carbocycles. The van der Waals surface area contributed by atoms with Crippen molar-refractivity contribution < 1.29 is 4.79 Å². The van der Waals surface area contributed by atoms with E-state index >= 15 is 0 Å². The smallest absolute Gasteiger partial charge is 0.270 e. The van der Waals surface area contributed by atoms with Crippen LogP contribution in [0.3, 0.4) is 0 Å². The molecule has 0 atom stereocenters. The zero-order valence-electron chi connectivity index (χ0n) is 10.8. The molecule has 0 aliphatic rings. The summed E-state index contributed by atoms with van der Waals surface area (Å²) in [4.78, 5) is 19.9. The van der Waals surface area contributed by atoms with E-state index in [2.05, 4.69) is 20.6 Å². The molecule has 0 unspecified atom stereocenters. The zero-order valence-corrected chi connectivity index (χ0v) is 10.8. The molecule has 0 radical (unpaired) electrons. The highest BCUT2D eigenvalue weighted by molar-refractivity contribution is 5.93. The molecule has 0 bridgehead atoms. The average Bonchev–Trinajstić information content (AvgIpc) is 2.92. The minimum absolute atomic E-state index is 0.167. The van der Waals surface area contributed by atoms with Crippen molar-refractivity contribution in [1.29, 1.82) is 0 Å². The first-order chi connectivity index (χ1) is 9.29. The Morgan fingerprint density at radius 2 is 2.32 bits per heavy atom. The standard InChI is InChI=1S/C13H17N5O/c1-2-15-11-3-4-16-12(9-11)13(19)17-6-8-18-7-5-14-10-18/h3-5,7,9-10H,2,6,8H2,1H3,(H,15,16)(H,17,19). The van der Waals surface area contributed by atoms with E-state index in [9.17, 15) is 4.79 Å². The number of aromatic nitrogens is 3. The van der Waals surface area contributed by atoms with Crippen molar-refractivity contribution in [3.63, 3.8) is 0 Å². The minimum atomic E-state index is -0.167. The van der Waals surface area contributed by atoms with Crippen LogP contribution in [0.4, 0.5) is 5.69 Å². The maximum atomic E-state index is 11.9. The number of carbonyl (C=O) groups excluding carboxylic acids is 1. The van der Waals surface area contributed by atoms with Gasteiger partial charge in [-0.05, 0) is 19.1 Å². The van der Waals surface area contributed by atoms with E-state index in [4.69, 9.17) is 0 Å². The van der Waals surface area contributed by atoms with Gasteiger partial charge in [0.2, 0.25) is 0 Å². The Kier molecular flexibility index (Phi) is 4.49. The molecule has 6 nitrogen and oxygen atoms in total. The van der Waals surface area contributed by atoms with Crippen LogP contribution >= 0.6 is 0 Å². The summed E-state index contributed by atoms with van der Waals surface area (Å²) >= 11 is 0. The summed E-state index contributed by atoms with van der Waals surface area (Å²) in [5.74, 6) is -0.167. The molecule has 2 heterocycles. The number of nitrogens with one attached hydrogen (secondary N) is 2. The van der Waals surface area contributed by atoms with E-state index < -0.39 is 0 Å². The number of nitrogens with zero attached hydrogens (tertiary/aromatic N) is 3. The van der Waals surface area contributed by atoms with E-state index in [-0.39, 0.29) is 5.91 Å². The predicted molar refractivity (Wildman–Crippen MR) is 73.0 cm³/mol. The lowest BCUT2D eigenvalue weighted by molar-refractivity contribution is 0.0947. The summed E-state index contributed by atoms with van der Waals surface area (Å²) in [5, 5.41) is 5.98. The number of rotatable bonds is 6. The fourth-order valence-electron chi connectivity index (χ4n) is 1.68. The van der Waals surface area contributed by atoms with Crippen LogP contribution in [0.5, 0.6) is 0 Å². The maximum absolute atomic E-state index is 11.9. The van der Waals surface area contributed by atoms with Gasteiger partial charge in [-0.25, -0.2) is 4.98 Å². The lowest BCUT2D eigenvalue weighted by Gasteiger charge is -2.07. The maximum Gasteiger partial charge on any atom is 0.270 e. The van der Waals surface area contributed by atoms with E-state index in [1.165, 1.54) is 0 Å². The monoisotopic (exact) mass is 259 g/mol. The van der Waals surface area contributed by atoms with Gasteiger partial charge < -0.3 is 15.2 Å². The van der Waals surface area contributed by atoms with Crippen LogP contribution in [-0.2, 0) is 6.54 Å². The second-order valence-corrected chi connectivity index (χ2v) is 4.02. The van der Waals surface area contributed by atoms with Gasteiger partial charge in [-0.2, -0.15) is 0 Å². The third kappa shape index (κ3) is 3.80. The summed E-state index contributed by atoms with van der Waals surface area (Å²) in [7, 11) is 0. The number of imidazole rings is 1. The van der Waals surface area contributed by atoms with Crippen LogP contribution in [0.25, 0.3) is 0 Å². The molecular formula is C13H17N5O. The number of pyridine rings is 1. The highest BCUT2D eigenvalue weighted by Crippen LogP contribution is 2.07. The van der Waals surface area contributed by atoms with Crippen molar-refractivity contribution in [3.05, 3.63) is 42.7 Å². The van der Waals surface area contributed by atoms with Gasteiger partial charge in [0.1, 0.15) is 5.69 Å². The third-order valence-corrected chi connectivity index (χ3v) is 2.59. The summed E-state index contributed by atoms with van der Waals surface area (Å²) < 4.78 is 1.91. The second kappa shape index (κ2) is 6.53. The molecule has 19 heavy (non-hydrogen) atoms. The van der Waals surface area contributed by atoms with Crippen LogP contribution < -0.4 is 10.6 Å². The summed E-state index contributed by atoms with van der Waals surface area (Å²) in [6.45, 7) is 4.05. The Morgan fingerprint density at radius 1 is 1.42 bits per heavy atom. The van der Waals surface area contributed by atoms with E-state index in [0.717, 1.165) is 12.2 Å². The molecule has 2 aromatic rings. The van der Waals surface area contributed by atoms with E-state index in [1.54, 1.807) is 24.8 Å². The van der Waals surface area contributed by atoms with Gasteiger partial charge in [0.15, 0.2) is 0 Å². The molecule has 0 saturated heterocycles. The van der Waals surface area contributed by atoms with Crippen molar-refractivity contribution in [3.8, 4) is 0 Å². The van der Waals surface area contributed by atoms with Crippen molar-refractivity contribution >= 4 is 11.6 Å². The van der Waals surface area contributed by atoms with Crippen LogP contribution in [0.2, 0.25) is 0 Å². The number of hydrogen-bond donors (Lipinski definition) is 2. The minimum Gasteiger partial charge on any atom is -0.385 e. The quantitative estimate of drug-likeness (QED) is 0.816. The fourth-order valence-corrected chi connectivity index (χ4v) is 1.68. The predicted octanol–water partition coefficient (Wildman–Crippen LogP) is 1.14. The van der Waals surface area contributed by atoms with Gasteiger partial charge in [0.05, 0.1) is 6.33 Å². The summed E-state index contributed by atoms with van der Waals surface area (Å²) in [5.41, 5.74) is 1.32. The lowest BCUT2D eigenvalue weighted by atomic mass is 10.3. The Hall–Kier alpha value is -2.37. The lowest BCUT2D eigenvalue weighted by Crippen LogP contribution is -2.27. The van der Waals surface area contributed by atoms with Crippen molar-refractivity contribution in [2.24, 2.45) is 0 Å². The first-order valence-electron chi connectivity index (χ1n) is 6.23. The van der Waals surface area contributed by atoms with Gasteiger partial charge in [-0.3, -0.25) is 9.78 Å². The molecule has 1 amide bonds.